The summed E-state index contributed by atoms with van der Waals surface area (Å²) in [7, 11) is 3.23. The van der Waals surface area contributed by atoms with Crippen LogP contribution < -0.4 is 9.47 Å². The molecule has 1 heterocycles. The number of ether oxygens (including phenoxy) is 2. The van der Waals surface area contributed by atoms with Crippen LogP contribution in [0, 0.1) is 0 Å². The van der Waals surface area contributed by atoms with Gasteiger partial charge in [-0.25, -0.2) is 0 Å². The molecule has 1 N–H and O–H groups in total. The Hall–Kier alpha value is -3.34. The van der Waals surface area contributed by atoms with Gasteiger partial charge in [0.1, 0.15) is 5.71 Å². The number of nitrogens with zero attached hydrogens (tertiary/aromatic N) is 2. The minimum Gasteiger partial charge on any atom is -0.493 e. The molecule has 138 valence electrons. The highest BCUT2D eigenvalue weighted by Gasteiger charge is 2.20. The molecule has 0 fully saturated rings. The van der Waals surface area contributed by atoms with Gasteiger partial charge in [0, 0.05) is 29.1 Å². The summed E-state index contributed by atoms with van der Waals surface area (Å²) in [6, 6.07) is 17.6. The second kappa shape index (κ2) is 8.85. The predicted molar refractivity (Wildman–Crippen MR) is 105 cm³/mol. The zero-order valence-electron chi connectivity index (χ0n) is 15.4. The lowest BCUT2D eigenvalue weighted by molar-refractivity contribution is 0.319. The van der Waals surface area contributed by atoms with E-state index in [1.165, 1.54) is 5.56 Å². The number of hydrogen-bond donors (Lipinski definition) is 1. The van der Waals surface area contributed by atoms with Crippen LogP contribution in [-0.2, 0) is 12.8 Å². The molecule has 0 atom stereocenters. The second-order valence-corrected chi connectivity index (χ2v) is 6.00. The van der Waals surface area contributed by atoms with Crippen LogP contribution in [0.5, 0.6) is 11.5 Å². The van der Waals surface area contributed by atoms with Crippen molar-refractivity contribution in [1.29, 1.82) is 0 Å². The fourth-order valence-electron chi connectivity index (χ4n) is 3.14. The number of hydrogen-bond acceptors (Lipinski definition) is 5. The molecular formula is C22H22N2O3. The van der Waals surface area contributed by atoms with Gasteiger partial charge in [-0.2, -0.15) is 0 Å². The van der Waals surface area contributed by atoms with Crippen molar-refractivity contribution in [2.45, 2.75) is 12.8 Å². The molecular weight excluding hydrogens is 340 g/mol. The van der Waals surface area contributed by atoms with Gasteiger partial charge in [0.05, 0.1) is 14.2 Å². The van der Waals surface area contributed by atoms with Crippen LogP contribution in [0.25, 0.3) is 0 Å². The van der Waals surface area contributed by atoms with Crippen LogP contribution in [0.1, 0.15) is 22.3 Å². The Kier molecular flexibility index (Phi) is 6.05. The molecule has 5 nitrogen and oxygen atoms in total. The number of aryl methyl sites for hydroxylation is 1. The lowest BCUT2D eigenvalue weighted by atomic mass is 9.93. The Morgan fingerprint density at radius 2 is 1.78 bits per heavy atom. The van der Waals surface area contributed by atoms with Crippen molar-refractivity contribution < 1.29 is 14.7 Å². The summed E-state index contributed by atoms with van der Waals surface area (Å²) in [6.07, 6.45) is 4.89. The molecule has 0 aliphatic rings. The Bertz CT molecular complexity index is 910. The highest BCUT2D eigenvalue weighted by Crippen LogP contribution is 2.35. The molecule has 0 saturated carbocycles. The van der Waals surface area contributed by atoms with Gasteiger partial charge >= 0.3 is 0 Å². The zero-order valence-corrected chi connectivity index (χ0v) is 15.4. The van der Waals surface area contributed by atoms with Crippen molar-refractivity contribution in [3.63, 3.8) is 0 Å². The molecule has 27 heavy (non-hydrogen) atoms. The number of aromatic nitrogens is 1. The van der Waals surface area contributed by atoms with E-state index in [0.29, 0.717) is 23.6 Å². The summed E-state index contributed by atoms with van der Waals surface area (Å²) < 4.78 is 11.1. The highest BCUT2D eigenvalue weighted by atomic mass is 16.5. The molecule has 2 aromatic carbocycles. The first-order chi connectivity index (χ1) is 13.3. The maximum atomic E-state index is 9.72. The van der Waals surface area contributed by atoms with Crippen LogP contribution >= 0.6 is 0 Å². The monoisotopic (exact) mass is 362 g/mol. The lowest BCUT2D eigenvalue weighted by Gasteiger charge is -2.18. The summed E-state index contributed by atoms with van der Waals surface area (Å²) in [6.45, 7) is 0. The fourth-order valence-corrected chi connectivity index (χ4v) is 3.14. The molecule has 0 bridgehead atoms. The van der Waals surface area contributed by atoms with Crippen molar-refractivity contribution in [3.8, 4) is 11.5 Å². The standard InChI is InChI=1S/C22H22N2O3/c1-26-20-13-12-18(21(24-25)17-9-6-14-23-15-17)19(22(20)27-2)11-10-16-7-4-3-5-8-16/h3-9,12-15,25H,10-11H2,1-2H3. The lowest BCUT2D eigenvalue weighted by Crippen LogP contribution is -2.10. The predicted octanol–water partition coefficient (Wildman–Crippen LogP) is 4.11. The molecule has 0 saturated heterocycles. The van der Waals surface area contributed by atoms with E-state index in [2.05, 4.69) is 22.3 Å². The van der Waals surface area contributed by atoms with Gasteiger partial charge in [0.15, 0.2) is 11.5 Å². The molecule has 0 aliphatic heterocycles. The van der Waals surface area contributed by atoms with Crippen molar-refractivity contribution in [3.05, 3.63) is 89.2 Å². The van der Waals surface area contributed by atoms with E-state index in [9.17, 15) is 5.21 Å². The van der Waals surface area contributed by atoms with E-state index in [4.69, 9.17) is 9.47 Å². The van der Waals surface area contributed by atoms with Crippen molar-refractivity contribution in [1.82, 2.24) is 4.98 Å². The minimum absolute atomic E-state index is 0.451. The van der Waals surface area contributed by atoms with E-state index in [1.807, 2.05) is 42.5 Å². The van der Waals surface area contributed by atoms with Gasteiger partial charge in [-0.05, 0) is 42.7 Å². The quantitative estimate of drug-likeness (QED) is 0.390. The molecule has 3 rings (SSSR count). The number of benzene rings is 2. The molecule has 5 heteroatoms. The largest absolute Gasteiger partial charge is 0.493 e. The van der Waals surface area contributed by atoms with E-state index in [0.717, 1.165) is 23.1 Å². The summed E-state index contributed by atoms with van der Waals surface area (Å²) >= 11 is 0. The summed E-state index contributed by atoms with van der Waals surface area (Å²) in [5.74, 6) is 1.30. The Morgan fingerprint density at radius 1 is 0.963 bits per heavy atom. The van der Waals surface area contributed by atoms with Gasteiger partial charge in [-0.3, -0.25) is 4.98 Å². The van der Waals surface area contributed by atoms with Gasteiger partial charge < -0.3 is 14.7 Å². The van der Waals surface area contributed by atoms with Crippen molar-refractivity contribution >= 4 is 5.71 Å². The molecule has 0 radical (unpaired) electrons. The highest BCUT2D eigenvalue weighted by molar-refractivity contribution is 6.13. The average molecular weight is 362 g/mol. The van der Waals surface area contributed by atoms with Crippen LogP contribution in [0.3, 0.4) is 0 Å². The topological polar surface area (TPSA) is 63.9 Å². The third kappa shape index (κ3) is 4.08. The third-order valence-electron chi connectivity index (χ3n) is 4.45. The Labute approximate surface area is 158 Å². The third-order valence-corrected chi connectivity index (χ3v) is 4.45. The minimum atomic E-state index is 0.451. The van der Waals surface area contributed by atoms with Gasteiger partial charge in [-0.1, -0.05) is 35.5 Å². The van der Waals surface area contributed by atoms with Gasteiger partial charge in [-0.15, -0.1) is 0 Å². The molecule has 0 spiro atoms. The van der Waals surface area contributed by atoms with Gasteiger partial charge in [0.2, 0.25) is 0 Å². The van der Waals surface area contributed by atoms with Crippen LogP contribution in [0.4, 0.5) is 0 Å². The first-order valence-electron chi connectivity index (χ1n) is 8.69. The normalized spacial score (nSPS) is 11.3. The van der Waals surface area contributed by atoms with Gasteiger partial charge in [0.25, 0.3) is 0 Å². The van der Waals surface area contributed by atoms with Crippen LogP contribution in [0.15, 0.2) is 72.1 Å². The maximum absolute atomic E-state index is 9.72. The number of oxime groups is 1. The van der Waals surface area contributed by atoms with E-state index < -0.39 is 0 Å². The summed E-state index contributed by atoms with van der Waals surface area (Å²) in [4.78, 5) is 4.13. The number of pyridine rings is 1. The first kappa shape index (κ1) is 18.5. The van der Waals surface area contributed by atoms with Crippen LogP contribution in [0.2, 0.25) is 0 Å². The first-order valence-corrected chi connectivity index (χ1v) is 8.69. The number of methoxy groups -OCH3 is 2. The van der Waals surface area contributed by atoms with Crippen molar-refractivity contribution in [2.24, 2.45) is 5.16 Å². The summed E-state index contributed by atoms with van der Waals surface area (Å²) in [5.41, 5.74) is 4.12. The van der Waals surface area contributed by atoms with Crippen molar-refractivity contribution in [2.75, 3.05) is 14.2 Å². The van der Waals surface area contributed by atoms with E-state index >= 15 is 0 Å². The smallest absolute Gasteiger partial charge is 0.164 e. The SMILES string of the molecule is COc1ccc(C(=NO)c2cccnc2)c(CCc2ccccc2)c1OC. The van der Waals surface area contributed by atoms with E-state index in [1.54, 1.807) is 26.6 Å². The van der Waals surface area contributed by atoms with E-state index in [-0.39, 0.29) is 0 Å². The number of rotatable bonds is 7. The molecule has 3 aromatic rings. The molecule has 0 unspecified atom stereocenters. The Morgan fingerprint density at radius 3 is 2.41 bits per heavy atom. The van der Waals surface area contributed by atoms with Crippen LogP contribution in [-0.4, -0.2) is 30.1 Å². The second-order valence-electron chi connectivity index (χ2n) is 6.00. The molecule has 0 amide bonds. The molecule has 0 aliphatic carbocycles. The summed E-state index contributed by atoms with van der Waals surface area (Å²) in [5, 5.41) is 13.3. The average Bonchev–Trinajstić information content (AvgIpc) is 2.74. The Balaban J connectivity index is 2.07. The molecule has 1 aromatic heterocycles. The maximum Gasteiger partial charge on any atom is 0.164 e. The fraction of sp³-hybridized carbons (Fsp3) is 0.182. The zero-order chi connectivity index (χ0) is 19.1.